The summed E-state index contributed by atoms with van der Waals surface area (Å²) in [6.45, 7) is 2.87. The van der Waals surface area contributed by atoms with Crippen LogP contribution in [0.3, 0.4) is 0 Å². The van der Waals surface area contributed by atoms with E-state index in [-0.39, 0.29) is 11.4 Å². The van der Waals surface area contributed by atoms with Gasteiger partial charge in [0.1, 0.15) is 12.1 Å². The lowest BCUT2D eigenvalue weighted by molar-refractivity contribution is -0.0686. The molecular formula is C7H6F3N3. The summed E-state index contributed by atoms with van der Waals surface area (Å²) in [4.78, 5) is 6.85. The number of allylic oxidation sites excluding steroid dienone is 1. The topological polar surface area (TPSA) is 51.8 Å². The number of nitrogens with two attached hydrogens (primary N) is 1. The van der Waals surface area contributed by atoms with E-state index in [1.54, 1.807) is 0 Å². The third kappa shape index (κ3) is 1.95. The van der Waals surface area contributed by atoms with E-state index in [1.165, 1.54) is 0 Å². The summed E-state index contributed by atoms with van der Waals surface area (Å²) in [6, 6.07) is 0. The Bertz CT molecular complexity index is 332. The van der Waals surface area contributed by atoms with Crippen molar-refractivity contribution in [3.05, 3.63) is 24.7 Å². The predicted octanol–water partition coefficient (Wildman–Crippen LogP) is 1.63. The van der Waals surface area contributed by atoms with Crippen molar-refractivity contribution in [2.45, 2.75) is 6.18 Å². The summed E-state index contributed by atoms with van der Waals surface area (Å²) in [6.07, 6.45) is -2.44. The zero-order valence-corrected chi connectivity index (χ0v) is 6.47. The van der Waals surface area contributed by atoms with Crippen molar-refractivity contribution in [1.82, 2.24) is 9.97 Å². The molecule has 0 saturated carbocycles. The first kappa shape index (κ1) is 9.50. The van der Waals surface area contributed by atoms with Gasteiger partial charge in [-0.05, 0) is 0 Å². The molecule has 1 aromatic rings. The minimum Gasteiger partial charge on any atom is -0.383 e. The summed E-state index contributed by atoms with van der Waals surface area (Å²) in [7, 11) is 0. The van der Waals surface area contributed by atoms with E-state index in [2.05, 4.69) is 16.5 Å². The predicted molar refractivity (Wildman–Crippen MR) is 41.5 cm³/mol. The molecule has 0 aromatic carbocycles. The van der Waals surface area contributed by atoms with E-state index >= 15 is 0 Å². The zero-order chi connectivity index (χ0) is 10.1. The molecule has 70 valence electrons. The van der Waals surface area contributed by atoms with Crippen molar-refractivity contribution >= 4 is 11.4 Å². The quantitative estimate of drug-likeness (QED) is 0.730. The number of hydrogen-bond acceptors (Lipinski definition) is 3. The van der Waals surface area contributed by atoms with Crippen LogP contribution in [0.5, 0.6) is 0 Å². The number of alkyl halides is 3. The first-order valence-corrected chi connectivity index (χ1v) is 3.25. The maximum atomic E-state index is 12.1. The van der Waals surface area contributed by atoms with Gasteiger partial charge in [0, 0.05) is 11.8 Å². The molecule has 1 rings (SSSR count). The Morgan fingerprint density at radius 1 is 1.46 bits per heavy atom. The van der Waals surface area contributed by atoms with Gasteiger partial charge in [0.15, 0.2) is 0 Å². The smallest absolute Gasteiger partial charge is 0.383 e. The van der Waals surface area contributed by atoms with Crippen LogP contribution in [0.4, 0.5) is 19.0 Å². The van der Waals surface area contributed by atoms with Gasteiger partial charge < -0.3 is 5.73 Å². The lowest BCUT2D eigenvalue weighted by Crippen LogP contribution is -2.12. The van der Waals surface area contributed by atoms with Gasteiger partial charge in [0.05, 0.1) is 5.57 Å². The van der Waals surface area contributed by atoms with Gasteiger partial charge in [-0.25, -0.2) is 9.97 Å². The fraction of sp³-hybridized carbons (Fsp3) is 0.143. The van der Waals surface area contributed by atoms with Gasteiger partial charge in [-0.1, -0.05) is 6.58 Å². The van der Waals surface area contributed by atoms with Gasteiger partial charge in [-0.2, -0.15) is 13.2 Å². The Kier molecular flexibility index (Phi) is 2.22. The van der Waals surface area contributed by atoms with Crippen LogP contribution < -0.4 is 5.73 Å². The minimum absolute atomic E-state index is 0.225. The highest BCUT2D eigenvalue weighted by molar-refractivity contribution is 5.73. The van der Waals surface area contributed by atoms with Crippen molar-refractivity contribution in [2.75, 3.05) is 5.73 Å². The van der Waals surface area contributed by atoms with Crippen molar-refractivity contribution in [3.8, 4) is 0 Å². The second kappa shape index (κ2) is 3.04. The maximum absolute atomic E-state index is 12.1. The van der Waals surface area contributed by atoms with Crippen LogP contribution in [0.1, 0.15) is 5.56 Å². The van der Waals surface area contributed by atoms with Gasteiger partial charge in [-0.15, -0.1) is 0 Å². The van der Waals surface area contributed by atoms with Crippen molar-refractivity contribution in [1.29, 1.82) is 0 Å². The van der Waals surface area contributed by atoms with E-state index in [1.807, 2.05) is 0 Å². The van der Waals surface area contributed by atoms with Gasteiger partial charge in [0.25, 0.3) is 0 Å². The van der Waals surface area contributed by atoms with Gasteiger partial charge in [-0.3, -0.25) is 0 Å². The van der Waals surface area contributed by atoms with E-state index in [9.17, 15) is 13.2 Å². The average molecular weight is 189 g/mol. The van der Waals surface area contributed by atoms with Crippen LogP contribution >= 0.6 is 0 Å². The van der Waals surface area contributed by atoms with Crippen LogP contribution in [-0.4, -0.2) is 16.1 Å². The molecule has 0 fully saturated rings. The number of anilines is 1. The Balaban J connectivity index is 3.10. The largest absolute Gasteiger partial charge is 0.416 e. The highest BCUT2D eigenvalue weighted by Crippen LogP contribution is 2.33. The van der Waals surface area contributed by atoms with Gasteiger partial charge in [0.2, 0.25) is 0 Å². The Morgan fingerprint density at radius 2 is 2.08 bits per heavy atom. The summed E-state index contributed by atoms with van der Waals surface area (Å²) in [5.41, 5.74) is 3.89. The highest BCUT2D eigenvalue weighted by atomic mass is 19.4. The molecule has 13 heavy (non-hydrogen) atoms. The highest BCUT2D eigenvalue weighted by Gasteiger charge is 2.34. The molecule has 1 heterocycles. The fourth-order valence-electron chi connectivity index (χ4n) is 0.724. The molecule has 6 heteroatoms. The number of nitrogen functional groups attached to an aromatic ring is 1. The van der Waals surface area contributed by atoms with Crippen LogP contribution in [0, 0.1) is 0 Å². The molecule has 0 saturated heterocycles. The number of hydrogen-bond donors (Lipinski definition) is 1. The van der Waals surface area contributed by atoms with E-state index in [0.717, 1.165) is 12.5 Å². The average Bonchev–Trinajstić information content (AvgIpc) is 2.02. The lowest BCUT2D eigenvalue weighted by Gasteiger charge is -2.10. The summed E-state index contributed by atoms with van der Waals surface area (Å²) >= 11 is 0. The minimum atomic E-state index is -4.50. The van der Waals surface area contributed by atoms with Crippen molar-refractivity contribution in [3.63, 3.8) is 0 Å². The van der Waals surface area contributed by atoms with Crippen molar-refractivity contribution < 1.29 is 13.2 Å². The van der Waals surface area contributed by atoms with Crippen LogP contribution in [0.15, 0.2) is 19.1 Å². The fourth-order valence-corrected chi connectivity index (χ4v) is 0.724. The van der Waals surface area contributed by atoms with E-state index in [0.29, 0.717) is 0 Å². The molecule has 0 amide bonds. The monoisotopic (exact) mass is 189 g/mol. The Labute approximate surface area is 72.1 Å². The molecule has 0 atom stereocenters. The molecular weight excluding hydrogens is 183 g/mol. The van der Waals surface area contributed by atoms with Crippen LogP contribution in [0.2, 0.25) is 0 Å². The first-order valence-electron chi connectivity index (χ1n) is 3.25. The first-order chi connectivity index (χ1) is 5.93. The standard InChI is InChI=1S/C7H6F3N3/c1-4(7(8,9)10)5-2-12-3-13-6(5)11/h2-3H,1H2,(H2,11,12,13). The molecule has 1 aromatic heterocycles. The molecule has 0 spiro atoms. The lowest BCUT2D eigenvalue weighted by atomic mass is 10.1. The molecule has 3 nitrogen and oxygen atoms in total. The van der Waals surface area contributed by atoms with Crippen molar-refractivity contribution in [2.24, 2.45) is 0 Å². The number of halogens is 3. The molecule has 0 radical (unpaired) electrons. The SMILES string of the molecule is C=C(c1cncnc1N)C(F)(F)F. The molecule has 0 aliphatic heterocycles. The second-order valence-corrected chi connectivity index (χ2v) is 2.30. The number of aromatic nitrogens is 2. The van der Waals surface area contributed by atoms with Gasteiger partial charge >= 0.3 is 6.18 Å². The zero-order valence-electron chi connectivity index (χ0n) is 6.47. The van der Waals surface area contributed by atoms with Crippen LogP contribution in [0.25, 0.3) is 5.57 Å². The molecule has 0 unspecified atom stereocenters. The maximum Gasteiger partial charge on any atom is 0.416 e. The normalized spacial score (nSPS) is 11.3. The molecule has 0 aliphatic carbocycles. The molecule has 0 aliphatic rings. The summed E-state index contributed by atoms with van der Waals surface area (Å²) < 4.78 is 36.3. The Morgan fingerprint density at radius 3 is 2.54 bits per heavy atom. The van der Waals surface area contributed by atoms with E-state index < -0.39 is 11.7 Å². The Hall–Kier alpha value is -1.59. The molecule has 0 bridgehead atoms. The summed E-state index contributed by atoms with van der Waals surface area (Å²) in [5.74, 6) is -0.225. The third-order valence-electron chi connectivity index (χ3n) is 1.41. The van der Waals surface area contributed by atoms with E-state index in [4.69, 9.17) is 5.73 Å². The number of rotatable bonds is 1. The molecule has 2 N–H and O–H groups in total. The second-order valence-electron chi connectivity index (χ2n) is 2.30. The number of nitrogens with zero attached hydrogens (tertiary/aromatic N) is 2. The third-order valence-corrected chi connectivity index (χ3v) is 1.41. The summed E-state index contributed by atoms with van der Waals surface area (Å²) in [5, 5.41) is 0. The van der Waals surface area contributed by atoms with Crippen LogP contribution in [-0.2, 0) is 0 Å².